The third kappa shape index (κ3) is 6.67. The van der Waals surface area contributed by atoms with Crippen molar-refractivity contribution in [1.82, 2.24) is 19.6 Å². The Morgan fingerprint density at radius 3 is 2.70 bits per heavy atom. The van der Waals surface area contributed by atoms with Gasteiger partial charge in [0.25, 0.3) is 0 Å². The van der Waals surface area contributed by atoms with Crippen molar-refractivity contribution in [2.45, 2.75) is 25.8 Å². The van der Waals surface area contributed by atoms with E-state index in [9.17, 15) is 19.7 Å². The first-order valence-corrected chi connectivity index (χ1v) is 7.26. The molecule has 11 N–H and O–H groups in total. The maximum atomic E-state index is 11.4. The van der Waals surface area contributed by atoms with Gasteiger partial charge in [-0.15, -0.1) is 0 Å². The van der Waals surface area contributed by atoms with Gasteiger partial charge in [-0.25, -0.2) is 4.79 Å². The van der Waals surface area contributed by atoms with E-state index in [2.05, 4.69) is 32.1 Å². The number of hydrogen-bond donors (Lipinski definition) is 5. The molecule has 0 saturated heterocycles. The molecule has 0 bridgehead atoms. The van der Waals surface area contributed by atoms with Crippen molar-refractivity contribution in [2.24, 2.45) is 16.5 Å². The van der Waals surface area contributed by atoms with E-state index in [1.54, 1.807) is 0 Å². The van der Waals surface area contributed by atoms with Crippen LogP contribution in [-0.2, 0) is 4.79 Å². The third-order valence-corrected chi connectivity index (χ3v) is 3.09. The minimum absolute atomic E-state index is 0. The van der Waals surface area contributed by atoms with Crippen LogP contribution in [0.1, 0.15) is 18.5 Å². The summed E-state index contributed by atoms with van der Waals surface area (Å²) in [5.74, 6) is -0.719. The van der Waals surface area contributed by atoms with Gasteiger partial charge in [0.2, 0.25) is 0 Å². The molecule has 27 heavy (non-hydrogen) atoms. The molecule has 2 rings (SSSR count). The van der Waals surface area contributed by atoms with Crippen LogP contribution >= 0.6 is 0 Å². The van der Waals surface area contributed by atoms with E-state index in [-0.39, 0.29) is 22.9 Å². The first kappa shape index (κ1) is 23.4. The van der Waals surface area contributed by atoms with Gasteiger partial charge < -0.3 is 37.8 Å². The van der Waals surface area contributed by atoms with Crippen molar-refractivity contribution >= 4 is 23.4 Å². The number of nitrogens with zero attached hydrogens (tertiary/aromatic N) is 5. The Morgan fingerprint density at radius 2 is 2.19 bits per heavy atom. The predicted octanol–water partition coefficient (Wildman–Crippen LogP) is -3.66. The van der Waals surface area contributed by atoms with Crippen LogP contribution in [0.25, 0.3) is 5.78 Å². The van der Waals surface area contributed by atoms with Gasteiger partial charge in [0.1, 0.15) is 0 Å². The van der Waals surface area contributed by atoms with Crippen LogP contribution in [0.4, 0.5) is 5.69 Å². The number of aromatic amines is 1. The molecule has 2 aromatic rings. The highest BCUT2D eigenvalue weighted by molar-refractivity contribution is 5.75. The normalized spacial score (nSPS) is 10.9. The summed E-state index contributed by atoms with van der Waals surface area (Å²) in [5.41, 5.74) is 12.4. The number of guanidine groups is 1. The molecule has 0 amide bonds. The topological polar surface area (TPSA) is 267 Å². The minimum atomic E-state index is -0.889. The number of carboxylic acids is 1. The average Bonchev–Trinajstić information content (AvgIpc) is 2.99. The molecule has 150 valence electrons. The fraction of sp³-hybridized carbons (Fsp3) is 0.417. The first-order valence-electron chi connectivity index (χ1n) is 7.26. The first-order chi connectivity index (χ1) is 12.1. The summed E-state index contributed by atoms with van der Waals surface area (Å²) >= 11 is 0. The van der Waals surface area contributed by atoms with Crippen molar-refractivity contribution in [3.8, 4) is 0 Å². The Hall–Kier alpha value is -3.59. The second kappa shape index (κ2) is 10.4. The van der Waals surface area contributed by atoms with Gasteiger partial charge in [-0.2, -0.15) is 0 Å². The number of nitro groups is 1. The van der Waals surface area contributed by atoms with Crippen LogP contribution in [0.5, 0.6) is 0 Å². The molecule has 0 aliphatic heterocycles. The molecule has 1 atom stereocenters. The second-order valence-corrected chi connectivity index (χ2v) is 5.09. The van der Waals surface area contributed by atoms with E-state index in [0.717, 1.165) is 4.52 Å². The van der Waals surface area contributed by atoms with Crippen molar-refractivity contribution in [3.05, 3.63) is 32.5 Å². The van der Waals surface area contributed by atoms with Crippen LogP contribution in [0, 0.1) is 23.4 Å². The molecular weight excluding hydrogens is 366 g/mol. The number of aliphatic carboxylic acids is 1. The second-order valence-electron chi connectivity index (χ2n) is 5.09. The van der Waals surface area contributed by atoms with Gasteiger partial charge in [0, 0.05) is 13.0 Å². The summed E-state index contributed by atoms with van der Waals surface area (Å²) in [6.07, 6.45) is 3.31. The molecule has 2 aromatic heterocycles. The summed E-state index contributed by atoms with van der Waals surface area (Å²) in [6.45, 7) is 1.88. The SMILES string of the molecule is Cc1[nH]c2n[c-]nn2c(=O)c1[N+](=O)[O-].NC(N)=NCCC[C@H]([NH3+])C(=O)O.O. The maximum absolute atomic E-state index is 11.4. The molecule has 0 aliphatic carbocycles. The number of fused-ring (bicyclic) bond motifs is 1. The standard InChI is InChI=1S/C6H4N5O3.C6H14N4O2.H2O/c1-3-4(11(13)14)5(12)10-6(9-3)7-2-8-10;7-4(5(11)12)2-1-3-10-6(8)9;/h1H3,(H,7,8,9);4H,1-3,7H2,(H,11,12)(H4,8,9,10);1H2/q-1;;/p+1/t;4-;/m.0./s1. The monoisotopic (exact) mass is 387 g/mol. The summed E-state index contributed by atoms with van der Waals surface area (Å²) in [4.78, 5) is 41.4. The highest BCUT2D eigenvalue weighted by Gasteiger charge is 2.17. The zero-order valence-corrected chi connectivity index (χ0v) is 14.4. The third-order valence-electron chi connectivity index (χ3n) is 3.09. The lowest BCUT2D eigenvalue weighted by Gasteiger charge is -2.02. The largest absolute Gasteiger partial charge is 0.477 e. The molecule has 0 aromatic carbocycles. The molecule has 15 nitrogen and oxygen atoms in total. The quantitative estimate of drug-likeness (QED) is 0.0814. The molecule has 2 heterocycles. The zero-order chi connectivity index (χ0) is 19.9. The van der Waals surface area contributed by atoms with Gasteiger partial charge in [-0.05, 0) is 19.7 Å². The van der Waals surface area contributed by atoms with E-state index in [1.807, 2.05) is 0 Å². The number of carbonyl (C=O) groups is 1. The number of hydrogen-bond acceptors (Lipinski definition) is 7. The average molecular weight is 387 g/mol. The van der Waals surface area contributed by atoms with Crippen molar-refractivity contribution in [2.75, 3.05) is 6.54 Å². The highest BCUT2D eigenvalue weighted by Crippen LogP contribution is 2.08. The van der Waals surface area contributed by atoms with Gasteiger partial charge in [0.05, 0.1) is 16.4 Å². The van der Waals surface area contributed by atoms with E-state index < -0.39 is 28.2 Å². The smallest absolute Gasteiger partial charge is 0.362 e. The molecule has 0 aliphatic rings. The highest BCUT2D eigenvalue weighted by atomic mass is 16.6. The Kier molecular flexibility index (Phi) is 9.03. The minimum Gasteiger partial charge on any atom is -0.477 e. The Balaban J connectivity index is 0.000000491. The van der Waals surface area contributed by atoms with Crippen LogP contribution in [0.15, 0.2) is 9.79 Å². The summed E-state index contributed by atoms with van der Waals surface area (Å²) in [5, 5.41) is 22.4. The van der Waals surface area contributed by atoms with Gasteiger partial charge in [-0.1, -0.05) is 0 Å². The molecular formula is C12H21N9O6. The number of nitrogens with two attached hydrogens (primary N) is 2. The maximum Gasteiger partial charge on any atom is 0.362 e. The fourth-order valence-electron chi connectivity index (χ4n) is 1.80. The lowest BCUT2D eigenvalue weighted by molar-refractivity contribution is -0.409. The van der Waals surface area contributed by atoms with Crippen LogP contribution < -0.4 is 22.8 Å². The van der Waals surface area contributed by atoms with Crippen LogP contribution in [-0.4, -0.2) is 59.6 Å². The Bertz CT molecular complexity index is 870. The van der Waals surface area contributed by atoms with Crippen molar-refractivity contribution in [3.63, 3.8) is 0 Å². The summed E-state index contributed by atoms with van der Waals surface area (Å²) < 4.78 is 0.797. The van der Waals surface area contributed by atoms with Crippen LogP contribution in [0.3, 0.4) is 0 Å². The van der Waals surface area contributed by atoms with E-state index in [0.29, 0.717) is 19.4 Å². The van der Waals surface area contributed by atoms with E-state index in [4.69, 9.17) is 16.6 Å². The lowest BCUT2D eigenvalue weighted by atomic mass is 10.2. The van der Waals surface area contributed by atoms with Crippen LogP contribution in [0.2, 0.25) is 0 Å². The number of H-pyrrole nitrogens is 1. The molecule has 0 radical (unpaired) electrons. The van der Waals surface area contributed by atoms with Gasteiger partial charge in [0.15, 0.2) is 12.0 Å². The van der Waals surface area contributed by atoms with Gasteiger partial charge >= 0.3 is 17.2 Å². The number of quaternary nitrogens is 1. The van der Waals surface area contributed by atoms with E-state index >= 15 is 0 Å². The molecule has 0 saturated carbocycles. The number of nitrogens with one attached hydrogen (secondary N) is 1. The fourth-order valence-corrected chi connectivity index (χ4v) is 1.80. The Labute approximate surface area is 151 Å². The number of rotatable bonds is 6. The summed E-state index contributed by atoms with van der Waals surface area (Å²) in [6, 6.07) is -0.570. The zero-order valence-electron chi connectivity index (χ0n) is 14.4. The molecule has 0 fully saturated rings. The number of aromatic nitrogens is 4. The van der Waals surface area contributed by atoms with Crippen molar-refractivity contribution in [1.29, 1.82) is 0 Å². The number of carboxylic acid groups (broad SMARTS) is 1. The van der Waals surface area contributed by atoms with E-state index in [1.165, 1.54) is 6.92 Å². The number of aryl methyl sites for hydroxylation is 1. The molecule has 15 heteroatoms. The summed E-state index contributed by atoms with van der Waals surface area (Å²) in [7, 11) is 0. The van der Waals surface area contributed by atoms with Gasteiger partial charge in [-0.3, -0.25) is 29.5 Å². The Morgan fingerprint density at radius 1 is 1.56 bits per heavy atom. The molecule has 0 unspecified atom stereocenters. The molecule has 0 spiro atoms. The lowest BCUT2D eigenvalue weighted by Crippen LogP contribution is -2.64. The van der Waals surface area contributed by atoms with Crippen molar-refractivity contribution < 1.29 is 26.0 Å². The number of aliphatic imine (C=N–C) groups is 1. The predicted molar refractivity (Wildman–Crippen MR) is 91.7 cm³/mol.